The molecule has 1 aromatic carbocycles. The fourth-order valence-electron chi connectivity index (χ4n) is 4.25. The van der Waals surface area contributed by atoms with Gasteiger partial charge in [0.2, 0.25) is 0 Å². The highest BCUT2D eigenvalue weighted by molar-refractivity contribution is 5.87. The Bertz CT molecular complexity index is 990. The lowest BCUT2D eigenvalue weighted by molar-refractivity contribution is -0.384. The molecule has 1 atom stereocenters. The smallest absolute Gasteiger partial charge is 0.410 e. The number of hydrogen-bond donors (Lipinski definition) is 1. The highest BCUT2D eigenvalue weighted by Gasteiger charge is 2.30. The number of hydrogen-bond acceptors (Lipinski definition) is 7. The van der Waals surface area contributed by atoms with Gasteiger partial charge < -0.3 is 19.6 Å². The summed E-state index contributed by atoms with van der Waals surface area (Å²) in [5, 5.41) is 26.9. The SMILES string of the molecule is CC(C)(C)OC(=O)N1CCC(n2cc3cc([N+](=O)[O-])c(N4CC[C@H](O)C4)cc3n2)CC1. The summed E-state index contributed by atoms with van der Waals surface area (Å²) in [4.78, 5) is 27.1. The molecule has 0 unspecified atom stereocenters. The van der Waals surface area contributed by atoms with Crippen molar-refractivity contribution in [3.63, 3.8) is 0 Å². The maximum absolute atomic E-state index is 12.3. The Morgan fingerprint density at radius 2 is 1.94 bits per heavy atom. The number of carbonyl (C=O) groups is 1. The van der Waals surface area contributed by atoms with Gasteiger partial charge in [0.15, 0.2) is 0 Å². The van der Waals surface area contributed by atoms with Gasteiger partial charge in [0.05, 0.1) is 22.6 Å². The van der Waals surface area contributed by atoms with E-state index in [1.54, 1.807) is 17.0 Å². The first-order valence-corrected chi connectivity index (χ1v) is 10.7. The number of carbonyl (C=O) groups excluding carboxylic acids is 1. The number of benzene rings is 1. The largest absolute Gasteiger partial charge is 0.444 e. The lowest BCUT2D eigenvalue weighted by atomic mass is 10.1. The number of aliphatic hydroxyl groups is 1. The van der Waals surface area contributed by atoms with E-state index in [2.05, 4.69) is 5.10 Å². The third-order valence-corrected chi connectivity index (χ3v) is 5.81. The number of likely N-dealkylation sites (tertiary alicyclic amines) is 1. The Labute approximate surface area is 180 Å². The number of rotatable bonds is 3. The van der Waals surface area contributed by atoms with Crippen LogP contribution in [0.4, 0.5) is 16.2 Å². The number of ether oxygens (including phenoxy) is 1. The van der Waals surface area contributed by atoms with Gasteiger partial charge in [0.25, 0.3) is 5.69 Å². The lowest BCUT2D eigenvalue weighted by Gasteiger charge is -2.33. The first-order chi connectivity index (χ1) is 14.6. The van der Waals surface area contributed by atoms with Crippen LogP contribution in [-0.4, -0.2) is 68.7 Å². The maximum Gasteiger partial charge on any atom is 0.410 e. The molecule has 1 N–H and O–H groups in total. The molecule has 0 saturated carbocycles. The van der Waals surface area contributed by atoms with E-state index >= 15 is 0 Å². The van der Waals surface area contributed by atoms with Crippen molar-refractivity contribution in [3.8, 4) is 0 Å². The number of nitro groups is 1. The minimum absolute atomic E-state index is 0.0286. The molecule has 2 aliphatic rings. The van der Waals surface area contributed by atoms with Gasteiger partial charge >= 0.3 is 6.09 Å². The molecule has 2 aliphatic heterocycles. The van der Waals surface area contributed by atoms with Crippen LogP contribution in [0.15, 0.2) is 18.3 Å². The van der Waals surface area contributed by atoms with Gasteiger partial charge in [0, 0.05) is 43.8 Å². The average Bonchev–Trinajstić information content (AvgIpc) is 3.31. The Kier molecular flexibility index (Phi) is 5.50. The van der Waals surface area contributed by atoms with E-state index in [9.17, 15) is 20.0 Å². The molecule has 3 heterocycles. The molecule has 4 rings (SSSR count). The van der Waals surface area contributed by atoms with E-state index in [1.807, 2.05) is 36.5 Å². The van der Waals surface area contributed by atoms with E-state index in [0.29, 0.717) is 49.2 Å². The number of β-amino-alcohol motifs (C(OH)–C–C–N with tert-alkyl or cyclic N) is 1. The average molecular weight is 431 g/mol. The molecule has 10 nitrogen and oxygen atoms in total. The molecule has 2 aromatic rings. The number of nitro benzene ring substituents is 1. The molecule has 0 radical (unpaired) electrons. The summed E-state index contributed by atoms with van der Waals surface area (Å²) in [5.41, 5.74) is 0.697. The highest BCUT2D eigenvalue weighted by Crippen LogP contribution is 2.35. The molecule has 0 spiro atoms. The van der Waals surface area contributed by atoms with Crippen LogP contribution < -0.4 is 4.90 Å². The Hall–Kier alpha value is -2.88. The van der Waals surface area contributed by atoms with Gasteiger partial charge in [-0.15, -0.1) is 0 Å². The number of aromatic nitrogens is 2. The van der Waals surface area contributed by atoms with Gasteiger partial charge in [-0.3, -0.25) is 14.8 Å². The first-order valence-electron chi connectivity index (χ1n) is 10.7. The van der Waals surface area contributed by atoms with E-state index in [0.717, 1.165) is 12.8 Å². The number of amides is 1. The van der Waals surface area contributed by atoms with Crippen molar-refractivity contribution in [1.82, 2.24) is 14.7 Å². The van der Waals surface area contributed by atoms with Gasteiger partial charge in [-0.2, -0.15) is 5.10 Å². The highest BCUT2D eigenvalue weighted by atomic mass is 16.6. The van der Waals surface area contributed by atoms with Gasteiger partial charge in [0.1, 0.15) is 11.3 Å². The standard InChI is InChI=1S/C21H29N5O5/c1-21(2,3)31-20(28)23-7-4-15(5-8-23)25-12-14-10-19(26(29)30)18(11-17(14)22-25)24-9-6-16(27)13-24/h10-12,15-16,27H,4-9,13H2,1-3H3/t16-/m0/s1. The van der Waals surface area contributed by atoms with Crippen LogP contribution >= 0.6 is 0 Å². The Morgan fingerprint density at radius 1 is 1.23 bits per heavy atom. The molecule has 1 aromatic heterocycles. The van der Waals surface area contributed by atoms with E-state index in [-0.39, 0.29) is 22.7 Å². The molecule has 168 valence electrons. The molecule has 10 heteroatoms. The van der Waals surface area contributed by atoms with E-state index < -0.39 is 11.7 Å². The van der Waals surface area contributed by atoms with Crippen molar-refractivity contribution in [2.24, 2.45) is 0 Å². The summed E-state index contributed by atoms with van der Waals surface area (Å²) >= 11 is 0. The topological polar surface area (TPSA) is 114 Å². The summed E-state index contributed by atoms with van der Waals surface area (Å²) < 4.78 is 7.31. The van der Waals surface area contributed by atoms with Crippen molar-refractivity contribution >= 4 is 28.4 Å². The Morgan fingerprint density at radius 3 is 2.52 bits per heavy atom. The molecular weight excluding hydrogens is 402 g/mol. The first kappa shape index (κ1) is 21.4. The minimum Gasteiger partial charge on any atom is -0.444 e. The summed E-state index contributed by atoms with van der Waals surface area (Å²) in [6, 6.07) is 3.43. The molecule has 0 aliphatic carbocycles. The molecule has 0 bridgehead atoms. The van der Waals surface area contributed by atoms with Gasteiger partial charge in [-0.05, 0) is 46.1 Å². The molecule has 1 amide bonds. The summed E-state index contributed by atoms with van der Waals surface area (Å²) in [6.45, 7) is 7.67. The van der Waals surface area contributed by atoms with Crippen molar-refractivity contribution in [2.75, 3.05) is 31.1 Å². The third-order valence-electron chi connectivity index (χ3n) is 5.81. The zero-order valence-corrected chi connectivity index (χ0v) is 18.2. The number of piperidine rings is 1. The van der Waals surface area contributed by atoms with Gasteiger partial charge in [-0.1, -0.05) is 0 Å². The molecule has 2 saturated heterocycles. The van der Waals surface area contributed by atoms with Crippen molar-refractivity contribution < 1.29 is 19.6 Å². The zero-order chi connectivity index (χ0) is 22.3. The quantitative estimate of drug-likeness (QED) is 0.587. The van der Waals surface area contributed by atoms with Crippen molar-refractivity contribution in [2.45, 2.75) is 57.8 Å². The molecular formula is C21H29N5O5. The third kappa shape index (κ3) is 4.58. The normalized spacial score (nSPS) is 20.5. The fourth-order valence-corrected chi connectivity index (χ4v) is 4.25. The summed E-state index contributed by atoms with van der Waals surface area (Å²) in [6.07, 6.45) is 3.15. The second-order valence-corrected chi connectivity index (χ2v) is 9.35. The Balaban J connectivity index is 1.52. The number of aliphatic hydroxyl groups excluding tert-OH is 1. The minimum atomic E-state index is -0.522. The molecule has 31 heavy (non-hydrogen) atoms. The second-order valence-electron chi connectivity index (χ2n) is 9.35. The molecule has 2 fully saturated rings. The van der Waals surface area contributed by atoms with Crippen molar-refractivity contribution in [1.29, 1.82) is 0 Å². The van der Waals surface area contributed by atoms with Crippen LogP contribution in [0.3, 0.4) is 0 Å². The number of anilines is 1. The van der Waals surface area contributed by atoms with Crippen molar-refractivity contribution in [3.05, 3.63) is 28.4 Å². The predicted octanol–water partition coefficient (Wildman–Crippen LogP) is 3.09. The van der Waals surface area contributed by atoms with Crippen LogP contribution in [0.1, 0.15) is 46.1 Å². The van der Waals surface area contributed by atoms with Crippen LogP contribution in [0.5, 0.6) is 0 Å². The summed E-state index contributed by atoms with van der Waals surface area (Å²) in [7, 11) is 0. The lowest BCUT2D eigenvalue weighted by Crippen LogP contribution is -2.42. The fraction of sp³-hybridized carbons (Fsp3) is 0.619. The second kappa shape index (κ2) is 7.99. The monoisotopic (exact) mass is 431 g/mol. The van der Waals surface area contributed by atoms with Crippen LogP contribution in [0.25, 0.3) is 10.9 Å². The predicted molar refractivity (Wildman–Crippen MR) is 115 cm³/mol. The van der Waals surface area contributed by atoms with E-state index in [1.165, 1.54) is 0 Å². The number of fused-ring (bicyclic) bond motifs is 1. The summed E-state index contributed by atoms with van der Waals surface area (Å²) in [5.74, 6) is 0. The van der Waals surface area contributed by atoms with Gasteiger partial charge in [-0.25, -0.2) is 4.79 Å². The van der Waals surface area contributed by atoms with Crippen LogP contribution in [-0.2, 0) is 4.74 Å². The maximum atomic E-state index is 12.3. The van der Waals surface area contributed by atoms with Crippen LogP contribution in [0, 0.1) is 10.1 Å². The zero-order valence-electron chi connectivity index (χ0n) is 18.2. The van der Waals surface area contributed by atoms with E-state index in [4.69, 9.17) is 4.74 Å². The number of nitrogens with zero attached hydrogens (tertiary/aromatic N) is 5. The van der Waals surface area contributed by atoms with Crippen LogP contribution in [0.2, 0.25) is 0 Å².